The Morgan fingerprint density at radius 1 is 1.13 bits per heavy atom. The molecule has 0 aromatic heterocycles. The van der Waals surface area contributed by atoms with Crippen molar-refractivity contribution in [1.82, 2.24) is 0 Å². The first-order valence-corrected chi connectivity index (χ1v) is 7.44. The molecular weight excluding hydrogens is 232 g/mol. The molecule has 1 aliphatic rings. The molecule has 2 unspecified atom stereocenters. The van der Waals surface area contributed by atoms with E-state index in [1.807, 2.05) is 6.07 Å². The second-order valence-electron chi connectivity index (χ2n) is 3.39. The van der Waals surface area contributed by atoms with Gasteiger partial charge in [-0.25, -0.2) is 0 Å². The molecule has 1 N–H and O–H groups in total. The van der Waals surface area contributed by atoms with Crippen LogP contribution >= 0.6 is 0 Å². The molecular formula is C10H12O3S2. The van der Waals surface area contributed by atoms with Gasteiger partial charge in [0.15, 0.2) is 0 Å². The van der Waals surface area contributed by atoms with Gasteiger partial charge in [0.25, 0.3) is 0 Å². The fraction of sp³-hybridized carbons (Fsp3) is 0.400. The molecule has 82 valence electrons. The van der Waals surface area contributed by atoms with Gasteiger partial charge in [0.1, 0.15) is 10.7 Å². The van der Waals surface area contributed by atoms with Crippen LogP contribution < -0.4 is 0 Å². The Morgan fingerprint density at radius 3 is 2.20 bits per heavy atom. The molecule has 1 aromatic carbocycles. The van der Waals surface area contributed by atoms with Crippen molar-refractivity contribution in [3.05, 3.63) is 35.9 Å². The lowest BCUT2D eigenvalue weighted by Crippen LogP contribution is -2.23. The molecule has 0 radical (unpaired) electrons. The molecule has 1 heterocycles. The van der Waals surface area contributed by atoms with Crippen molar-refractivity contribution in [2.45, 2.75) is 10.7 Å². The lowest BCUT2D eigenvalue weighted by atomic mass is 10.1. The number of hydrogen-bond acceptors (Lipinski definition) is 3. The number of aliphatic hydroxyl groups is 1. The van der Waals surface area contributed by atoms with Gasteiger partial charge in [0.2, 0.25) is 0 Å². The lowest BCUT2D eigenvalue weighted by molar-refractivity contribution is 0.194. The molecule has 3 atom stereocenters. The Labute approximate surface area is 93.4 Å². The van der Waals surface area contributed by atoms with Crippen molar-refractivity contribution in [3.63, 3.8) is 0 Å². The quantitative estimate of drug-likeness (QED) is 0.827. The third-order valence-corrected chi connectivity index (χ3v) is 6.71. The molecule has 2 rings (SSSR count). The third-order valence-electron chi connectivity index (χ3n) is 2.40. The molecule has 3 nitrogen and oxygen atoms in total. The summed E-state index contributed by atoms with van der Waals surface area (Å²) in [6.07, 6.45) is -0.879. The minimum absolute atomic E-state index is 0.432. The van der Waals surface area contributed by atoms with Crippen LogP contribution in [0.1, 0.15) is 11.7 Å². The van der Waals surface area contributed by atoms with E-state index in [-0.39, 0.29) is 0 Å². The van der Waals surface area contributed by atoms with Crippen LogP contribution in [0.5, 0.6) is 0 Å². The van der Waals surface area contributed by atoms with E-state index in [0.29, 0.717) is 17.1 Å². The minimum Gasteiger partial charge on any atom is -0.386 e. The smallest absolute Gasteiger partial charge is 0.140 e. The van der Waals surface area contributed by atoms with Crippen molar-refractivity contribution < 1.29 is 13.5 Å². The first kappa shape index (κ1) is 11.0. The van der Waals surface area contributed by atoms with E-state index in [9.17, 15) is 13.5 Å². The van der Waals surface area contributed by atoms with Gasteiger partial charge in [-0.2, -0.15) is 0 Å². The fourth-order valence-corrected chi connectivity index (χ4v) is 5.81. The summed E-state index contributed by atoms with van der Waals surface area (Å²) in [5, 5.41) is 9.98. The van der Waals surface area contributed by atoms with Gasteiger partial charge in [0.05, 0.1) is 0 Å². The highest BCUT2D eigenvalue weighted by atomic mass is 32.3. The summed E-state index contributed by atoms with van der Waals surface area (Å²) in [5.74, 6) is 0.863. The van der Waals surface area contributed by atoms with E-state index >= 15 is 0 Å². The maximum absolute atomic E-state index is 11.6. The predicted octanol–water partition coefficient (Wildman–Crippen LogP) is 0.557. The summed E-state index contributed by atoms with van der Waals surface area (Å²) >= 11 is 0. The Bertz CT molecular complexity index is 375. The number of rotatable bonds is 2. The second kappa shape index (κ2) is 4.55. The molecule has 0 aliphatic carbocycles. The number of hydrogen-bond donors (Lipinski definition) is 1. The molecule has 0 amide bonds. The van der Waals surface area contributed by atoms with Crippen LogP contribution in [-0.2, 0) is 21.6 Å². The summed E-state index contributed by atoms with van der Waals surface area (Å²) in [5.41, 5.74) is 0.686. The third kappa shape index (κ3) is 2.19. The zero-order valence-electron chi connectivity index (χ0n) is 8.04. The summed E-state index contributed by atoms with van der Waals surface area (Å²) < 4.78 is 22.5. The Morgan fingerprint density at radius 2 is 1.67 bits per heavy atom. The van der Waals surface area contributed by atoms with Crippen LogP contribution in [0.3, 0.4) is 0 Å². The van der Waals surface area contributed by atoms with Crippen molar-refractivity contribution in [2.75, 3.05) is 11.5 Å². The maximum atomic E-state index is 11.6. The second-order valence-corrected chi connectivity index (χ2v) is 7.05. The van der Waals surface area contributed by atoms with Gasteiger partial charge in [-0.05, 0) is 5.56 Å². The van der Waals surface area contributed by atoms with E-state index in [1.165, 1.54) is 0 Å². The van der Waals surface area contributed by atoms with Crippen LogP contribution in [0.4, 0.5) is 0 Å². The average molecular weight is 244 g/mol. The normalized spacial score (nSPS) is 32.7. The van der Waals surface area contributed by atoms with Crippen LogP contribution in [0.15, 0.2) is 30.3 Å². The van der Waals surface area contributed by atoms with Crippen molar-refractivity contribution in [3.8, 4) is 0 Å². The van der Waals surface area contributed by atoms with Gasteiger partial charge >= 0.3 is 0 Å². The lowest BCUT2D eigenvalue weighted by Gasteiger charge is -2.15. The molecule has 1 aromatic rings. The Balaban J connectivity index is 2.24. The number of benzene rings is 1. The van der Waals surface area contributed by atoms with Gasteiger partial charge in [-0.15, -0.1) is 0 Å². The maximum Gasteiger partial charge on any atom is 0.140 e. The van der Waals surface area contributed by atoms with Crippen LogP contribution in [-0.4, -0.2) is 29.6 Å². The van der Waals surface area contributed by atoms with Crippen molar-refractivity contribution >= 4 is 21.6 Å². The highest BCUT2D eigenvalue weighted by molar-refractivity contribution is 8.06. The highest BCUT2D eigenvalue weighted by Gasteiger charge is 2.37. The monoisotopic (exact) mass is 244 g/mol. The fourth-order valence-electron chi connectivity index (χ4n) is 1.61. The standard InChI is InChI=1S/C10H12O3S2/c11-9(8-4-2-1-3-5-8)10-14(12)6-7-15(10)13/h1-5,9-11H,6-7H2/t9-,10?,14?,15?/m1/s1. The Kier molecular flexibility index (Phi) is 3.33. The molecule has 1 aliphatic heterocycles. The zero-order valence-corrected chi connectivity index (χ0v) is 9.67. The molecule has 15 heavy (non-hydrogen) atoms. The summed E-state index contributed by atoms with van der Waals surface area (Å²) in [6, 6.07) is 8.98. The van der Waals surface area contributed by atoms with Gasteiger partial charge in [-0.3, -0.25) is 8.42 Å². The van der Waals surface area contributed by atoms with E-state index in [1.54, 1.807) is 24.3 Å². The van der Waals surface area contributed by atoms with E-state index in [0.717, 1.165) is 0 Å². The molecule has 5 heteroatoms. The zero-order chi connectivity index (χ0) is 10.8. The topological polar surface area (TPSA) is 54.4 Å². The summed E-state index contributed by atoms with van der Waals surface area (Å²) in [7, 11) is -2.34. The molecule has 0 bridgehead atoms. The molecule has 0 saturated carbocycles. The van der Waals surface area contributed by atoms with Crippen LogP contribution in [0.2, 0.25) is 0 Å². The summed E-state index contributed by atoms with van der Waals surface area (Å²) in [6.45, 7) is 0. The first-order valence-electron chi connectivity index (χ1n) is 4.67. The molecule has 1 fully saturated rings. The predicted molar refractivity (Wildman–Crippen MR) is 61.2 cm³/mol. The van der Waals surface area contributed by atoms with E-state index < -0.39 is 32.3 Å². The number of aliphatic hydroxyl groups excluding tert-OH is 1. The van der Waals surface area contributed by atoms with Crippen molar-refractivity contribution in [2.24, 2.45) is 0 Å². The minimum atomic E-state index is -1.17. The Hall–Kier alpha value is -0.520. The highest BCUT2D eigenvalue weighted by Crippen LogP contribution is 2.27. The van der Waals surface area contributed by atoms with Crippen molar-refractivity contribution in [1.29, 1.82) is 0 Å². The van der Waals surface area contributed by atoms with E-state index in [2.05, 4.69) is 0 Å². The van der Waals surface area contributed by atoms with Gasteiger partial charge in [0, 0.05) is 33.1 Å². The first-order chi connectivity index (χ1) is 7.20. The average Bonchev–Trinajstić information content (AvgIpc) is 2.59. The molecule has 1 saturated heterocycles. The van der Waals surface area contributed by atoms with Gasteiger partial charge < -0.3 is 5.11 Å². The largest absolute Gasteiger partial charge is 0.386 e. The van der Waals surface area contributed by atoms with Crippen LogP contribution in [0, 0.1) is 0 Å². The molecule has 0 spiro atoms. The summed E-state index contributed by atoms with van der Waals surface area (Å²) in [4.78, 5) is 0. The SMILES string of the molecule is O=S1CCS(=O)C1[C@H](O)c1ccccc1. The van der Waals surface area contributed by atoms with Gasteiger partial charge in [-0.1, -0.05) is 30.3 Å². The van der Waals surface area contributed by atoms with E-state index in [4.69, 9.17) is 0 Å². The van der Waals surface area contributed by atoms with Crippen LogP contribution in [0.25, 0.3) is 0 Å².